The van der Waals surface area contributed by atoms with Crippen LogP contribution < -0.4 is 5.32 Å². The lowest BCUT2D eigenvalue weighted by Gasteiger charge is -2.31. The van der Waals surface area contributed by atoms with Gasteiger partial charge in [-0.2, -0.15) is 0 Å². The molecule has 0 aromatic heterocycles. The van der Waals surface area contributed by atoms with Crippen molar-refractivity contribution >= 4 is 0 Å². The van der Waals surface area contributed by atoms with Gasteiger partial charge < -0.3 is 10.4 Å². The molecule has 17 heavy (non-hydrogen) atoms. The van der Waals surface area contributed by atoms with Gasteiger partial charge in [-0.25, -0.2) is 4.39 Å². The highest BCUT2D eigenvalue weighted by molar-refractivity contribution is 5.19. The van der Waals surface area contributed by atoms with Gasteiger partial charge in [0, 0.05) is 12.1 Å². The van der Waals surface area contributed by atoms with Crippen molar-refractivity contribution in [3.63, 3.8) is 0 Å². The van der Waals surface area contributed by atoms with Crippen molar-refractivity contribution in [3.05, 3.63) is 35.6 Å². The minimum absolute atomic E-state index is 0.147. The molecule has 1 aromatic rings. The van der Waals surface area contributed by atoms with Crippen LogP contribution in [0.2, 0.25) is 0 Å². The van der Waals surface area contributed by atoms with E-state index in [1.165, 1.54) is 18.6 Å². The lowest BCUT2D eigenvalue weighted by Crippen LogP contribution is -2.43. The van der Waals surface area contributed by atoms with Gasteiger partial charge in [-0.1, -0.05) is 25.0 Å². The van der Waals surface area contributed by atoms with E-state index in [2.05, 4.69) is 12.2 Å². The van der Waals surface area contributed by atoms with Gasteiger partial charge in [-0.3, -0.25) is 0 Å². The minimum atomic E-state index is -0.244. The Hall–Kier alpha value is -0.930. The number of aliphatic hydroxyl groups excluding tert-OH is 1. The smallest absolute Gasteiger partial charge is 0.123 e. The summed E-state index contributed by atoms with van der Waals surface area (Å²) in [7, 11) is 0. The van der Waals surface area contributed by atoms with Gasteiger partial charge in [0.25, 0.3) is 0 Å². The van der Waals surface area contributed by atoms with Crippen LogP contribution in [0.15, 0.2) is 24.3 Å². The zero-order valence-electron chi connectivity index (χ0n) is 10.2. The number of rotatable bonds is 3. The normalized spacial score (nSPS) is 26.8. The number of benzene rings is 1. The summed E-state index contributed by atoms with van der Waals surface area (Å²) in [6, 6.07) is 6.86. The van der Waals surface area contributed by atoms with E-state index < -0.39 is 0 Å². The van der Waals surface area contributed by atoms with Gasteiger partial charge in [-0.05, 0) is 37.5 Å². The van der Waals surface area contributed by atoms with E-state index >= 15 is 0 Å². The molecule has 3 heteroatoms. The summed E-state index contributed by atoms with van der Waals surface area (Å²) in [5.74, 6) is -0.210. The number of hydrogen-bond acceptors (Lipinski definition) is 2. The van der Waals surface area contributed by atoms with Crippen LogP contribution in [0.1, 0.15) is 44.2 Å². The largest absolute Gasteiger partial charge is 0.392 e. The highest BCUT2D eigenvalue weighted by Gasteiger charge is 2.24. The van der Waals surface area contributed by atoms with Gasteiger partial charge in [0.1, 0.15) is 5.82 Å². The first-order valence-corrected chi connectivity index (χ1v) is 6.36. The Labute approximate surface area is 102 Å². The SMILES string of the molecule is C[C@H](NC1CCCCC1O)c1ccc(F)cc1. The molecule has 2 rings (SSSR count). The predicted molar refractivity (Wildman–Crippen MR) is 66.2 cm³/mol. The molecule has 0 heterocycles. The third-order valence-corrected chi connectivity index (χ3v) is 3.56. The zero-order valence-corrected chi connectivity index (χ0v) is 10.2. The Kier molecular flexibility index (Phi) is 4.13. The molecule has 94 valence electrons. The molecule has 3 atom stereocenters. The minimum Gasteiger partial charge on any atom is -0.392 e. The highest BCUT2D eigenvalue weighted by Crippen LogP contribution is 2.22. The fraction of sp³-hybridized carbons (Fsp3) is 0.571. The maximum atomic E-state index is 12.8. The van der Waals surface area contributed by atoms with Gasteiger partial charge in [0.2, 0.25) is 0 Å². The molecule has 1 saturated carbocycles. The molecule has 0 saturated heterocycles. The molecule has 1 aromatic carbocycles. The Balaban J connectivity index is 1.95. The van der Waals surface area contributed by atoms with Crippen LogP contribution in [0.3, 0.4) is 0 Å². The molecule has 0 amide bonds. The van der Waals surface area contributed by atoms with E-state index in [1.54, 1.807) is 12.1 Å². The summed E-state index contributed by atoms with van der Waals surface area (Å²) in [5, 5.41) is 13.3. The molecule has 1 aliphatic carbocycles. The molecular formula is C14H20FNO. The van der Waals surface area contributed by atoms with Crippen LogP contribution in [-0.4, -0.2) is 17.3 Å². The Morgan fingerprint density at radius 1 is 1.24 bits per heavy atom. The Morgan fingerprint density at radius 3 is 2.53 bits per heavy atom. The summed E-state index contributed by atoms with van der Waals surface area (Å²) in [5.41, 5.74) is 1.06. The van der Waals surface area contributed by atoms with E-state index in [0.717, 1.165) is 24.8 Å². The summed E-state index contributed by atoms with van der Waals surface area (Å²) >= 11 is 0. The first kappa shape index (κ1) is 12.5. The summed E-state index contributed by atoms with van der Waals surface area (Å²) in [6.07, 6.45) is 3.95. The van der Waals surface area contributed by atoms with Crippen molar-refractivity contribution in [2.45, 2.75) is 50.8 Å². The van der Waals surface area contributed by atoms with Crippen molar-refractivity contribution in [3.8, 4) is 0 Å². The average molecular weight is 237 g/mol. The van der Waals surface area contributed by atoms with Crippen LogP contribution >= 0.6 is 0 Å². The first-order chi connectivity index (χ1) is 8.16. The van der Waals surface area contributed by atoms with Crippen LogP contribution in [0.4, 0.5) is 4.39 Å². The molecule has 1 aliphatic rings. The number of nitrogens with one attached hydrogen (secondary N) is 1. The van der Waals surface area contributed by atoms with E-state index in [4.69, 9.17) is 0 Å². The lowest BCUT2D eigenvalue weighted by molar-refractivity contribution is 0.0860. The van der Waals surface area contributed by atoms with E-state index in [-0.39, 0.29) is 24.0 Å². The lowest BCUT2D eigenvalue weighted by atomic mass is 9.91. The molecular weight excluding hydrogens is 217 g/mol. The fourth-order valence-corrected chi connectivity index (χ4v) is 2.47. The van der Waals surface area contributed by atoms with E-state index in [1.807, 2.05) is 0 Å². The van der Waals surface area contributed by atoms with E-state index in [0.29, 0.717) is 0 Å². The van der Waals surface area contributed by atoms with Crippen LogP contribution in [-0.2, 0) is 0 Å². The van der Waals surface area contributed by atoms with Gasteiger partial charge in [-0.15, -0.1) is 0 Å². The summed E-state index contributed by atoms with van der Waals surface area (Å²) in [6.45, 7) is 2.05. The average Bonchev–Trinajstić information content (AvgIpc) is 2.33. The summed E-state index contributed by atoms with van der Waals surface area (Å²) < 4.78 is 12.8. The Morgan fingerprint density at radius 2 is 1.88 bits per heavy atom. The second-order valence-corrected chi connectivity index (χ2v) is 4.90. The van der Waals surface area contributed by atoms with Crippen molar-refractivity contribution in [1.82, 2.24) is 5.32 Å². The highest BCUT2D eigenvalue weighted by atomic mass is 19.1. The second kappa shape index (κ2) is 5.61. The second-order valence-electron chi connectivity index (χ2n) is 4.90. The number of hydrogen-bond donors (Lipinski definition) is 2. The third-order valence-electron chi connectivity index (χ3n) is 3.56. The standard InChI is InChI=1S/C14H20FNO/c1-10(11-6-8-12(15)9-7-11)16-13-4-2-3-5-14(13)17/h6-10,13-14,16-17H,2-5H2,1H3/t10-,13?,14?/m0/s1. The van der Waals surface area contributed by atoms with Crippen LogP contribution in [0, 0.1) is 5.82 Å². The monoisotopic (exact) mass is 237 g/mol. The fourth-order valence-electron chi connectivity index (χ4n) is 2.47. The molecule has 2 unspecified atom stereocenters. The maximum absolute atomic E-state index is 12.8. The molecule has 0 spiro atoms. The van der Waals surface area contributed by atoms with Crippen LogP contribution in [0.5, 0.6) is 0 Å². The predicted octanol–water partition coefficient (Wildman–Crippen LogP) is 2.78. The van der Waals surface area contributed by atoms with Crippen molar-refractivity contribution < 1.29 is 9.50 Å². The molecule has 0 aliphatic heterocycles. The molecule has 2 nitrogen and oxygen atoms in total. The molecule has 0 radical (unpaired) electrons. The first-order valence-electron chi connectivity index (χ1n) is 6.36. The van der Waals surface area contributed by atoms with Gasteiger partial charge >= 0.3 is 0 Å². The van der Waals surface area contributed by atoms with Crippen LogP contribution in [0.25, 0.3) is 0 Å². The van der Waals surface area contributed by atoms with Crippen molar-refractivity contribution in [2.24, 2.45) is 0 Å². The number of halogens is 1. The van der Waals surface area contributed by atoms with E-state index in [9.17, 15) is 9.50 Å². The van der Waals surface area contributed by atoms with Gasteiger partial charge in [0.15, 0.2) is 0 Å². The molecule has 2 N–H and O–H groups in total. The summed E-state index contributed by atoms with van der Waals surface area (Å²) in [4.78, 5) is 0. The number of aliphatic hydroxyl groups is 1. The van der Waals surface area contributed by atoms with Gasteiger partial charge in [0.05, 0.1) is 6.10 Å². The quantitative estimate of drug-likeness (QED) is 0.847. The van der Waals surface area contributed by atoms with Crippen molar-refractivity contribution in [2.75, 3.05) is 0 Å². The molecule has 0 bridgehead atoms. The Bertz CT molecular complexity index is 352. The molecule has 1 fully saturated rings. The van der Waals surface area contributed by atoms with Crippen molar-refractivity contribution in [1.29, 1.82) is 0 Å². The maximum Gasteiger partial charge on any atom is 0.123 e. The third kappa shape index (κ3) is 3.27. The topological polar surface area (TPSA) is 32.3 Å². The zero-order chi connectivity index (χ0) is 12.3.